The van der Waals surface area contributed by atoms with E-state index >= 15 is 0 Å². The standard InChI is InChI=1S/C16H14ClFN2O4S/c17-13-6-4-12(5-7-13)8-9-25(22,23)20-19-16(21)11-24-15-3-1-2-14(18)10-15/h1-10,20H,11H2,(H,19,21)/b9-8+. The number of rotatable bonds is 7. The average Bonchev–Trinajstić information content (AvgIpc) is 2.58. The lowest BCUT2D eigenvalue weighted by Crippen LogP contribution is -2.42. The Bertz CT molecular complexity index is 870. The van der Waals surface area contributed by atoms with Gasteiger partial charge in [0.15, 0.2) is 6.61 Å². The molecule has 0 atom stereocenters. The van der Waals surface area contributed by atoms with Crippen molar-refractivity contribution in [3.8, 4) is 5.75 Å². The molecule has 0 spiro atoms. The number of hydrogen-bond donors (Lipinski definition) is 2. The van der Waals surface area contributed by atoms with E-state index in [-0.39, 0.29) is 5.75 Å². The fourth-order valence-electron chi connectivity index (χ4n) is 1.65. The summed E-state index contributed by atoms with van der Waals surface area (Å²) in [5.74, 6) is -1.10. The molecule has 2 aromatic carbocycles. The molecule has 0 heterocycles. The fraction of sp³-hybridized carbons (Fsp3) is 0.0625. The molecular weight excluding hydrogens is 371 g/mol. The number of carbonyl (C=O) groups is 1. The molecule has 1 amide bonds. The maximum Gasteiger partial charge on any atom is 0.272 e. The highest BCUT2D eigenvalue weighted by molar-refractivity contribution is 7.92. The van der Waals surface area contributed by atoms with Gasteiger partial charge < -0.3 is 4.74 Å². The molecule has 6 nitrogen and oxygen atoms in total. The Hall–Kier alpha value is -2.42. The molecule has 0 unspecified atom stereocenters. The fourth-order valence-corrected chi connectivity index (χ4v) is 2.43. The monoisotopic (exact) mass is 384 g/mol. The van der Waals surface area contributed by atoms with Crippen LogP contribution >= 0.6 is 11.6 Å². The maximum absolute atomic E-state index is 13.0. The minimum Gasteiger partial charge on any atom is -0.484 e. The van der Waals surface area contributed by atoms with Crippen molar-refractivity contribution in [1.29, 1.82) is 0 Å². The van der Waals surface area contributed by atoms with Crippen LogP contribution in [-0.4, -0.2) is 20.9 Å². The van der Waals surface area contributed by atoms with Crippen molar-refractivity contribution in [2.75, 3.05) is 6.61 Å². The van der Waals surface area contributed by atoms with Crippen LogP contribution in [0, 0.1) is 5.82 Å². The van der Waals surface area contributed by atoms with Crippen molar-refractivity contribution in [3.05, 3.63) is 70.3 Å². The number of sulfonamides is 1. The van der Waals surface area contributed by atoms with Crippen LogP contribution in [0.3, 0.4) is 0 Å². The van der Waals surface area contributed by atoms with Gasteiger partial charge in [0.25, 0.3) is 15.9 Å². The third-order valence-electron chi connectivity index (χ3n) is 2.81. The van der Waals surface area contributed by atoms with Crippen LogP contribution in [0.5, 0.6) is 5.75 Å². The van der Waals surface area contributed by atoms with Gasteiger partial charge in [0.2, 0.25) is 0 Å². The minimum atomic E-state index is -3.89. The van der Waals surface area contributed by atoms with E-state index < -0.39 is 28.4 Å². The molecule has 2 N–H and O–H groups in total. The van der Waals surface area contributed by atoms with E-state index in [0.717, 1.165) is 11.5 Å². The van der Waals surface area contributed by atoms with E-state index in [0.29, 0.717) is 10.6 Å². The van der Waals surface area contributed by atoms with Crippen molar-refractivity contribution in [1.82, 2.24) is 10.3 Å². The molecule has 2 rings (SSSR count). The van der Waals surface area contributed by atoms with Crippen LogP contribution in [0.25, 0.3) is 6.08 Å². The van der Waals surface area contributed by atoms with Gasteiger partial charge in [-0.25, -0.2) is 12.8 Å². The summed E-state index contributed by atoms with van der Waals surface area (Å²) in [6, 6.07) is 11.7. The normalized spacial score (nSPS) is 11.4. The summed E-state index contributed by atoms with van der Waals surface area (Å²) in [6.45, 7) is -0.479. The topological polar surface area (TPSA) is 84.5 Å². The third kappa shape index (κ3) is 6.92. The van der Waals surface area contributed by atoms with Crippen LogP contribution in [-0.2, 0) is 14.8 Å². The number of ether oxygens (including phenoxy) is 1. The second kappa shape index (κ2) is 8.61. The SMILES string of the molecule is O=C(COc1cccc(F)c1)NNS(=O)(=O)/C=C/c1ccc(Cl)cc1. The molecule has 0 saturated carbocycles. The Morgan fingerprint density at radius 3 is 2.60 bits per heavy atom. The van der Waals surface area contributed by atoms with E-state index in [2.05, 4.69) is 0 Å². The first-order valence-corrected chi connectivity index (χ1v) is 8.89. The van der Waals surface area contributed by atoms with Crippen molar-refractivity contribution in [3.63, 3.8) is 0 Å². The maximum atomic E-state index is 13.0. The molecule has 25 heavy (non-hydrogen) atoms. The van der Waals surface area contributed by atoms with Crippen LogP contribution in [0.2, 0.25) is 5.02 Å². The zero-order valence-corrected chi connectivity index (χ0v) is 14.4. The van der Waals surface area contributed by atoms with E-state index in [1.54, 1.807) is 24.3 Å². The quantitative estimate of drug-likeness (QED) is 0.718. The van der Waals surface area contributed by atoms with Gasteiger partial charge >= 0.3 is 0 Å². The van der Waals surface area contributed by atoms with E-state index in [4.69, 9.17) is 16.3 Å². The van der Waals surface area contributed by atoms with Crippen LogP contribution in [0.4, 0.5) is 4.39 Å². The van der Waals surface area contributed by atoms with Gasteiger partial charge in [-0.05, 0) is 35.9 Å². The van der Waals surface area contributed by atoms with E-state index in [9.17, 15) is 17.6 Å². The Balaban J connectivity index is 1.82. The van der Waals surface area contributed by atoms with Crippen molar-refractivity contribution in [2.45, 2.75) is 0 Å². The van der Waals surface area contributed by atoms with E-state index in [1.165, 1.54) is 24.3 Å². The largest absolute Gasteiger partial charge is 0.484 e. The average molecular weight is 385 g/mol. The van der Waals surface area contributed by atoms with Gasteiger partial charge in [0, 0.05) is 16.5 Å². The highest BCUT2D eigenvalue weighted by Crippen LogP contribution is 2.12. The second-order valence-electron chi connectivity index (χ2n) is 4.80. The third-order valence-corrected chi connectivity index (χ3v) is 3.94. The molecule has 0 fully saturated rings. The van der Waals surface area contributed by atoms with Crippen LogP contribution < -0.4 is 15.0 Å². The van der Waals surface area contributed by atoms with Gasteiger partial charge in [0.1, 0.15) is 11.6 Å². The number of halogens is 2. The first-order valence-electron chi connectivity index (χ1n) is 6.97. The highest BCUT2D eigenvalue weighted by Gasteiger charge is 2.08. The second-order valence-corrected chi connectivity index (χ2v) is 6.80. The zero-order chi connectivity index (χ0) is 18.3. The summed E-state index contributed by atoms with van der Waals surface area (Å²) in [6.07, 6.45) is 1.34. The van der Waals surface area contributed by atoms with Crippen molar-refractivity contribution < 1.29 is 22.3 Å². The lowest BCUT2D eigenvalue weighted by atomic mass is 10.2. The molecule has 2 aromatic rings. The molecule has 0 radical (unpaired) electrons. The molecule has 0 aliphatic heterocycles. The summed E-state index contributed by atoms with van der Waals surface area (Å²) in [5.41, 5.74) is 2.61. The number of carbonyl (C=O) groups excluding carboxylic acids is 1. The molecule has 9 heteroatoms. The molecule has 0 aliphatic rings. The number of hydrazine groups is 1. The smallest absolute Gasteiger partial charge is 0.272 e. The van der Waals surface area contributed by atoms with Gasteiger partial charge in [-0.2, -0.15) is 0 Å². The Kier molecular flexibility index (Phi) is 6.51. The summed E-state index contributed by atoms with van der Waals surface area (Å²) < 4.78 is 41.5. The van der Waals surface area contributed by atoms with Gasteiger partial charge in [0.05, 0.1) is 0 Å². The molecule has 0 aromatic heterocycles. The predicted octanol–water partition coefficient (Wildman–Crippen LogP) is 2.48. The van der Waals surface area contributed by atoms with Crippen LogP contribution in [0.1, 0.15) is 5.56 Å². The van der Waals surface area contributed by atoms with Gasteiger partial charge in [-0.15, -0.1) is 4.83 Å². The molecule has 0 bridgehead atoms. The number of hydrogen-bond acceptors (Lipinski definition) is 4. The highest BCUT2D eigenvalue weighted by atomic mass is 35.5. The van der Waals surface area contributed by atoms with Gasteiger partial charge in [-0.3, -0.25) is 10.2 Å². The Morgan fingerprint density at radius 1 is 1.20 bits per heavy atom. The molecule has 0 saturated heterocycles. The molecular formula is C16H14ClFN2O4S. The number of amides is 1. The van der Waals surface area contributed by atoms with Crippen LogP contribution in [0.15, 0.2) is 53.9 Å². The Labute approximate surface area is 149 Å². The predicted molar refractivity (Wildman–Crippen MR) is 92.6 cm³/mol. The van der Waals surface area contributed by atoms with E-state index in [1.807, 2.05) is 10.3 Å². The summed E-state index contributed by atoms with van der Waals surface area (Å²) in [5, 5.41) is 1.42. The van der Waals surface area contributed by atoms with Gasteiger partial charge in [-0.1, -0.05) is 29.8 Å². The Morgan fingerprint density at radius 2 is 1.92 bits per heavy atom. The number of benzene rings is 2. The minimum absolute atomic E-state index is 0.153. The lowest BCUT2D eigenvalue weighted by Gasteiger charge is -2.07. The molecule has 0 aliphatic carbocycles. The van der Waals surface area contributed by atoms with Crippen molar-refractivity contribution in [2.24, 2.45) is 0 Å². The summed E-state index contributed by atoms with van der Waals surface area (Å²) >= 11 is 5.73. The summed E-state index contributed by atoms with van der Waals surface area (Å²) in [7, 11) is -3.89. The lowest BCUT2D eigenvalue weighted by molar-refractivity contribution is -0.123. The summed E-state index contributed by atoms with van der Waals surface area (Å²) in [4.78, 5) is 13.5. The first kappa shape index (κ1) is 18.9. The first-order chi connectivity index (χ1) is 11.8. The zero-order valence-electron chi connectivity index (χ0n) is 12.8. The van der Waals surface area contributed by atoms with Crippen molar-refractivity contribution >= 4 is 33.6 Å². The molecule has 132 valence electrons. The number of nitrogens with one attached hydrogen (secondary N) is 2.